The predicted molar refractivity (Wildman–Crippen MR) is 86.5 cm³/mol. The first-order valence-electron chi connectivity index (χ1n) is 7.98. The van der Waals surface area contributed by atoms with Crippen LogP contribution in [0.3, 0.4) is 0 Å². The van der Waals surface area contributed by atoms with Gasteiger partial charge >= 0.3 is 0 Å². The van der Waals surface area contributed by atoms with Gasteiger partial charge in [0.15, 0.2) is 0 Å². The number of fused-ring (bicyclic) bond motifs is 1. The van der Waals surface area contributed by atoms with E-state index in [4.69, 9.17) is 0 Å². The van der Waals surface area contributed by atoms with E-state index in [0.717, 1.165) is 25.6 Å². The zero-order chi connectivity index (χ0) is 14.1. The summed E-state index contributed by atoms with van der Waals surface area (Å²) in [6, 6.07) is 20.4. The molecule has 0 saturated heterocycles. The van der Waals surface area contributed by atoms with Crippen LogP contribution in [-0.4, -0.2) is 19.1 Å². The summed E-state index contributed by atoms with van der Waals surface area (Å²) in [5.74, 6) is 1.32. The Kier molecular flexibility index (Phi) is 3.50. The van der Waals surface area contributed by atoms with Gasteiger partial charge in [0.1, 0.15) is 0 Å². The highest BCUT2D eigenvalue weighted by molar-refractivity contribution is 5.33. The van der Waals surface area contributed by atoms with E-state index in [-0.39, 0.29) is 0 Å². The Morgan fingerprint density at radius 1 is 1.00 bits per heavy atom. The maximum absolute atomic E-state index is 3.78. The number of benzene rings is 2. The molecule has 0 aromatic heterocycles. The fourth-order valence-electron chi connectivity index (χ4n) is 3.55. The van der Waals surface area contributed by atoms with Crippen molar-refractivity contribution in [3.8, 4) is 0 Å². The van der Waals surface area contributed by atoms with Gasteiger partial charge in [0.2, 0.25) is 0 Å². The second-order valence-corrected chi connectivity index (χ2v) is 6.29. The average molecular weight is 278 g/mol. The van der Waals surface area contributed by atoms with E-state index in [0.29, 0.717) is 12.0 Å². The third kappa shape index (κ3) is 2.74. The number of hydrogen-bond donors (Lipinski definition) is 2. The second-order valence-electron chi connectivity index (χ2n) is 6.29. The maximum Gasteiger partial charge on any atom is 0.0208 e. The average Bonchev–Trinajstić information content (AvgIpc) is 3.33. The highest BCUT2D eigenvalue weighted by Crippen LogP contribution is 2.40. The molecule has 0 amide bonds. The van der Waals surface area contributed by atoms with Crippen LogP contribution in [0.25, 0.3) is 0 Å². The Labute approximate surface area is 126 Å². The molecule has 2 aromatic rings. The van der Waals surface area contributed by atoms with Gasteiger partial charge < -0.3 is 10.6 Å². The number of hydrogen-bond acceptors (Lipinski definition) is 2. The Balaban J connectivity index is 1.37. The van der Waals surface area contributed by atoms with Gasteiger partial charge in [0.25, 0.3) is 0 Å². The molecule has 4 rings (SSSR count). The first kappa shape index (κ1) is 13.1. The molecule has 108 valence electrons. The summed E-state index contributed by atoms with van der Waals surface area (Å²) in [7, 11) is 0. The molecule has 3 unspecified atom stereocenters. The Hall–Kier alpha value is -1.64. The maximum atomic E-state index is 3.78. The van der Waals surface area contributed by atoms with E-state index in [2.05, 4.69) is 65.2 Å². The second kappa shape index (κ2) is 5.63. The summed E-state index contributed by atoms with van der Waals surface area (Å²) in [4.78, 5) is 0. The van der Waals surface area contributed by atoms with E-state index in [1.54, 1.807) is 0 Å². The minimum absolute atomic E-state index is 0.604. The number of nitrogens with one attached hydrogen (secondary N) is 2. The summed E-state index contributed by atoms with van der Waals surface area (Å²) in [5.41, 5.74) is 4.48. The Bertz CT molecular complexity index is 608. The first-order valence-corrected chi connectivity index (χ1v) is 7.98. The lowest BCUT2D eigenvalue weighted by Gasteiger charge is -2.26. The highest BCUT2D eigenvalue weighted by Gasteiger charge is 2.38. The Morgan fingerprint density at radius 3 is 2.71 bits per heavy atom. The lowest BCUT2D eigenvalue weighted by molar-refractivity contribution is 0.499. The molecule has 2 N–H and O–H groups in total. The lowest BCUT2D eigenvalue weighted by atomic mass is 9.91. The van der Waals surface area contributed by atoms with Crippen LogP contribution in [0, 0.1) is 0 Å². The minimum Gasteiger partial charge on any atom is -0.313 e. The van der Waals surface area contributed by atoms with Crippen LogP contribution in [-0.2, 0) is 6.54 Å². The monoisotopic (exact) mass is 278 g/mol. The molecule has 1 aliphatic heterocycles. The van der Waals surface area contributed by atoms with Crippen molar-refractivity contribution in [2.24, 2.45) is 0 Å². The van der Waals surface area contributed by atoms with Gasteiger partial charge in [-0.25, -0.2) is 0 Å². The fourth-order valence-corrected chi connectivity index (χ4v) is 3.55. The van der Waals surface area contributed by atoms with E-state index in [1.807, 2.05) is 0 Å². The zero-order valence-electron chi connectivity index (χ0n) is 12.3. The Morgan fingerprint density at radius 2 is 1.81 bits per heavy atom. The van der Waals surface area contributed by atoms with Crippen LogP contribution in [0.2, 0.25) is 0 Å². The predicted octanol–water partition coefficient (Wildman–Crippen LogP) is 3.02. The molecule has 2 aromatic carbocycles. The van der Waals surface area contributed by atoms with Gasteiger partial charge in [-0.2, -0.15) is 0 Å². The molecule has 0 spiro atoms. The zero-order valence-corrected chi connectivity index (χ0v) is 12.3. The molecule has 0 bridgehead atoms. The molecule has 2 heteroatoms. The van der Waals surface area contributed by atoms with Crippen LogP contribution in [0.5, 0.6) is 0 Å². The van der Waals surface area contributed by atoms with E-state index in [1.165, 1.54) is 23.1 Å². The third-order valence-corrected chi connectivity index (χ3v) is 4.85. The van der Waals surface area contributed by atoms with Crippen molar-refractivity contribution < 1.29 is 0 Å². The van der Waals surface area contributed by atoms with Crippen LogP contribution in [0.4, 0.5) is 0 Å². The minimum atomic E-state index is 0.604. The molecular formula is C19H22N2. The summed E-state index contributed by atoms with van der Waals surface area (Å²) in [6.45, 7) is 3.19. The highest BCUT2D eigenvalue weighted by atomic mass is 15.0. The van der Waals surface area contributed by atoms with Gasteiger partial charge in [-0.05, 0) is 23.1 Å². The summed E-state index contributed by atoms with van der Waals surface area (Å²) < 4.78 is 0. The topological polar surface area (TPSA) is 24.1 Å². The summed E-state index contributed by atoms with van der Waals surface area (Å²) in [5, 5.41) is 7.31. The molecule has 1 fully saturated rings. The molecular weight excluding hydrogens is 256 g/mol. The van der Waals surface area contributed by atoms with E-state index >= 15 is 0 Å². The van der Waals surface area contributed by atoms with Gasteiger partial charge in [0, 0.05) is 37.5 Å². The molecule has 2 nitrogen and oxygen atoms in total. The normalized spacial score (nSPS) is 27.1. The van der Waals surface area contributed by atoms with Gasteiger partial charge in [0.05, 0.1) is 0 Å². The van der Waals surface area contributed by atoms with Crippen LogP contribution in [0.1, 0.15) is 34.9 Å². The van der Waals surface area contributed by atoms with Crippen LogP contribution < -0.4 is 10.6 Å². The molecule has 1 heterocycles. The van der Waals surface area contributed by atoms with Crippen molar-refractivity contribution in [2.45, 2.75) is 30.8 Å². The molecule has 2 aliphatic rings. The van der Waals surface area contributed by atoms with Gasteiger partial charge in [-0.3, -0.25) is 0 Å². The van der Waals surface area contributed by atoms with E-state index in [9.17, 15) is 0 Å². The van der Waals surface area contributed by atoms with Crippen molar-refractivity contribution in [2.75, 3.05) is 13.1 Å². The molecule has 0 radical (unpaired) electrons. The quantitative estimate of drug-likeness (QED) is 0.898. The van der Waals surface area contributed by atoms with Crippen molar-refractivity contribution >= 4 is 0 Å². The van der Waals surface area contributed by atoms with Gasteiger partial charge in [-0.15, -0.1) is 0 Å². The van der Waals surface area contributed by atoms with Crippen molar-refractivity contribution in [3.05, 3.63) is 71.3 Å². The fraction of sp³-hybridized carbons (Fsp3) is 0.368. The molecule has 3 atom stereocenters. The van der Waals surface area contributed by atoms with Crippen molar-refractivity contribution in [1.82, 2.24) is 10.6 Å². The lowest BCUT2D eigenvalue weighted by Crippen LogP contribution is -2.35. The standard InChI is InChI=1S/C19H22N2/c1-2-6-14(7-3-1)18-10-19(18)21-13-16-12-20-11-15-8-4-5-9-17(15)16/h1-9,16,18-21H,10-13H2. The first-order chi connectivity index (χ1) is 10.4. The van der Waals surface area contributed by atoms with Crippen LogP contribution in [0.15, 0.2) is 54.6 Å². The molecule has 1 saturated carbocycles. The molecule has 21 heavy (non-hydrogen) atoms. The van der Waals surface area contributed by atoms with Crippen LogP contribution >= 0.6 is 0 Å². The molecule has 1 aliphatic carbocycles. The third-order valence-electron chi connectivity index (χ3n) is 4.85. The van der Waals surface area contributed by atoms with Gasteiger partial charge in [-0.1, -0.05) is 54.6 Å². The SMILES string of the molecule is c1ccc(C2CC2NCC2CNCc3ccccc32)cc1. The largest absolute Gasteiger partial charge is 0.313 e. The number of rotatable bonds is 4. The summed E-state index contributed by atoms with van der Waals surface area (Å²) in [6.07, 6.45) is 1.28. The smallest absolute Gasteiger partial charge is 0.0208 e. The van der Waals surface area contributed by atoms with E-state index < -0.39 is 0 Å². The van der Waals surface area contributed by atoms with Crippen molar-refractivity contribution in [3.63, 3.8) is 0 Å². The summed E-state index contributed by atoms with van der Waals surface area (Å²) >= 11 is 0. The van der Waals surface area contributed by atoms with Crippen molar-refractivity contribution in [1.29, 1.82) is 0 Å².